The van der Waals surface area contributed by atoms with Crippen molar-refractivity contribution >= 4 is 11.9 Å². The standard InChI is InChI=1S/C64H123NO5/c1-3-5-7-9-11-13-15-17-19-21-25-28-32-36-40-44-48-52-56-62(67)61(60-66)65-63(68)57-53-49-45-41-37-33-29-26-23-22-24-27-31-35-39-43-47-51-55-59-70-64(69)58-54-50-46-42-38-34-30-20-18-16-14-12-10-8-6-4-2/h20,30,52,56,61-62,66-67H,3-19,21-29,31-51,53-55,57-60H2,1-2H3,(H,65,68)/b30-20-,56-52+. The Morgan fingerprint density at radius 1 is 0.386 bits per heavy atom. The largest absolute Gasteiger partial charge is 0.466 e. The van der Waals surface area contributed by atoms with Gasteiger partial charge in [-0.3, -0.25) is 9.59 Å². The number of aliphatic hydroxyl groups is 2. The molecule has 6 heteroatoms. The van der Waals surface area contributed by atoms with Crippen molar-refractivity contribution in [1.82, 2.24) is 5.32 Å². The van der Waals surface area contributed by atoms with Crippen LogP contribution in [0.3, 0.4) is 0 Å². The third-order valence-electron chi connectivity index (χ3n) is 14.7. The van der Waals surface area contributed by atoms with Gasteiger partial charge in [-0.1, -0.05) is 301 Å². The first-order valence-corrected chi connectivity index (χ1v) is 31.6. The number of aliphatic hydroxyl groups excluding tert-OH is 2. The van der Waals surface area contributed by atoms with Crippen molar-refractivity contribution in [2.24, 2.45) is 0 Å². The van der Waals surface area contributed by atoms with Crippen molar-refractivity contribution in [1.29, 1.82) is 0 Å². The zero-order valence-corrected chi connectivity index (χ0v) is 47.3. The first kappa shape index (κ1) is 68.3. The molecule has 6 nitrogen and oxygen atoms in total. The number of allylic oxidation sites excluding steroid dienone is 3. The van der Waals surface area contributed by atoms with Gasteiger partial charge in [0.2, 0.25) is 5.91 Å². The second-order valence-electron chi connectivity index (χ2n) is 21.7. The lowest BCUT2D eigenvalue weighted by Gasteiger charge is -2.20. The number of rotatable bonds is 59. The molecular formula is C64H123NO5. The van der Waals surface area contributed by atoms with E-state index in [-0.39, 0.29) is 18.5 Å². The van der Waals surface area contributed by atoms with Gasteiger partial charge in [0.25, 0.3) is 0 Å². The van der Waals surface area contributed by atoms with E-state index in [1.807, 2.05) is 6.08 Å². The van der Waals surface area contributed by atoms with Crippen LogP contribution >= 0.6 is 0 Å². The molecule has 0 aliphatic rings. The van der Waals surface area contributed by atoms with E-state index in [9.17, 15) is 19.8 Å². The Balaban J connectivity index is 3.42. The normalized spacial score (nSPS) is 12.7. The first-order valence-electron chi connectivity index (χ1n) is 31.6. The molecule has 2 atom stereocenters. The molecule has 0 aliphatic heterocycles. The fourth-order valence-corrected chi connectivity index (χ4v) is 9.87. The van der Waals surface area contributed by atoms with Gasteiger partial charge in [-0.2, -0.15) is 0 Å². The monoisotopic (exact) mass is 986 g/mol. The van der Waals surface area contributed by atoms with Crippen LogP contribution in [0, 0.1) is 0 Å². The van der Waals surface area contributed by atoms with Crippen molar-refractivity contribution in [2.75, 3.05) is 13.2 Å². The lowest BCUT2D eigenvalue weighted by Crippen LogP contribution is -2.45. The van der Waals surface area contributed by atoms with Crippen molar-refractivity contribution in [3.8, 4) is 0 Å². The minimum absolute atomic E-state index is 0.00147. The van der Waals surface area contributed by atoms with Gasteiger partial charge in [0.1, 0.15) is 0 Å². The zero-order chi connectivity index (χ0) is 50.7. The van der Waals surface area contributed by atoms with Crippen molar-refractivity contribution in [3.63, 3.8) is 0 Å². The molecule has 0 aromatic rings. The van der Waals surface area contributed by atoms with Crippen LogP contribution in [0.1, 0.15) is 348 Å². The van der Waals surface area contributed by atoms with Gasteiger partial charge in [0.15, 0.2) is 0 Å². The zero-order valence-electron chi connectivity index (χ0n) is 47.3. The summed E-state index contributed by atoms with van der Waals surface area (Å²) in [6.45, 7) is 4.92. The van der Waals surface area contributed by atoms with E-state index >= 15 is 0 Å². The second kappa shape index (κ2) is 59.9. The predicted molar refractivity (Wildman–Crippen MR) is 306 cm³/mol. The highest BCUT2D eigenvalue weighted by Gasteiger charge is 2.18. The van der Waals surface area contributed by atoms with Gasteiger partial charge in [-0.15, -0.1) is 0 Å². The predicted octanol–water partition coefficient (Wildman–Crippen LogP) is 19.8. The Morgan fingerprint density at radius 3 is 1.01 bits per heavy atom. The highest BCUT2D eigenvalue weighted by Crippen LogP contribution is 2.18. The van der Waals surface area contributed by atoms with Gasteiger partial charge in [-0.25, -0.2) is 0 Å². The number of carbonyl (C=O) groups excluding carboxylic acids is 2. The molecule has 0 rings (SSSR count). The molecule has 3 N–H and O–H groups in total. The van der Waals surface area contributed by atoms with Crippen molar-refractivity contribution in [3.05, 3.63) is 24.3 Å². The SMILES string of the molecule is CCCCCCCCC/C=C\CCCCCCCC(=O)OCCCCCCCCCCCCCCCCCCCCCC(=O)NC(CO)C(O)/C=C/CCCCCCCCCCCCCCCCCC. The van der Waals surface area contributed by atoms with E-state index in [4.69, 9.17) is 4.74 Å². The molecule has 0 spiro atoms. The Labute approximate surface area is 437 Å². The summed E-state index contributed by atoms with van der Waals surface area (Å²) in [5.41, 5.74) is 0. The second-order valence-corrected chi connectivity index (χ2v) is 21.7. The van der Waals surface area contributed by atoms with Crippen molar-refractivity contribution < 1.29 is 24.5 Å². The third-order valence-corrected chi connectivity index (χ3v) is 14.7. The fraction of sp³-hybridized carbons (Fsp3) is 0.906. The molecule has 0 heterocycles. The van der Waals surface area contributed by atoms with E-state index in [1.54, 1.807) is 6.08 Å². The number of hydrogen-bond acceptors (Lipinski definition) is 5. The molecular weight excluding hydrogens is 863 g/mol. The molecule has 0 fully saturated rings. The van der Waals surface area contributed by atoms with E-state index in [0.717, 1.165) is 44.9 Å². The summed E-state index contributed by atoms with van der Waals surface area (Å²) >= 11 is 0. The maximum Gasteiger partial charge on any atom is 0.305 e. The molecule has 0 aromatic heterocycles. The van der Waals surface area contributed by atoms with Crippen LogP contribution < -0.4 is 5.32 Å². The highest BCUT2D eigenvalue weighted by atomic mass is 16.5. The smallest absolute Gasteiger partial charge is 0.305 e. The van der Waals surface area contributed by atoms with E-state index < -0.39 is 12.1 Å². The highest BCUT2D eigenvalue weighted by molar-refractivity contribution is 5.76. The van der Waals surface area contributed by atoms with Crippen LogP contribution in [0.2, 0.25) is 0 Å². The molecule has 0 aliphatic carbocycles. The van der Waals surface area contributed by atoms with Crippen LogP contribution in [0.5, 0.6) is 0 Å². The Hall–Kier alpha value is -1.66. The molecule has 1 amide bonds. The number of carbonyl (C=O) groups is 2. The molecule has 0 bridgehead atoms. The molecule has 0 saturated heterocycles. The van der Waals surface area contributed by atoms with Crippen LogP contribution in [-0.4, -0.2) is 47.4 Å². The van der Waals surface area contributed by atoms with Gasteiger partial charge >= 0.3 is 5.97 Å². The summed E-state index contributed by atoms with van der Waals surface area (Å²) in [7, 11) is 0. The molecule has 2 unspecified atom stereocenters. The summed E-state index contributed by atoms with van der Waals surface area (Å²) in [5.74, 6) is -0.0669. The summed E-state index contributed by atoms with van der Waals surface area (Å²) in [6, 6.07) is -0.630. The average Bonchev–Trinajstić information content (AvgIpc) is 3.36. The third kappa shape index (κ3) is 55.7. The molecule has 0 radical (unpaired) electrons. The lowest BCUT2D eigenvalue weighted by atomic mass is 10.0. The molecule has 70 heavy (non-hydrogen) atoms. The lowest BCUT2D eigenvalue weighted by molar-refractivity contribution is -0.143. The molecule has 0 aromatic carbocycles. The number of ether oxygens (including phenoxy) is 1. The molecule has 0 saturated carbocycles. The summed E-state index contributed by atoms with van der Waals surface area (Å²) < 4.78 is 5.49. The number of esters is 1. The van der Waals surface area contributed by atoms with Crippen LogP contribution in [0.4, 0.5) is 0 Å². The van der Waals surface area contributed by atoms with Gasteiger partial charge < -0.3 is 20.3 Å². The van der Waals surface area contributed by atoms with Gasteiger partial charge in [-0.05, 0) is 57.8 Å². The minimum Gasteiger partial charge on any atom is -0.466 e. The first-order chi connectivity index (χ1) is 34.5. The summed E-state index contributed by atoms with van der Waals surface area (Å²) in [4.78, 5) is 24.6. The van der Waals surface area contributed by atoms with Crippen molar-refractivity contribution in [2.45, 2.75) is 360 Å². The maximum atomic E-state index is 12.5. The summed E-state index contributed by atoms with van der Waals surface area (Å²) in [5, 5.41) is 23.2. The van der Waals surface area contributed by atoms with Gasteiger partial charge in [0.05, 0.1) is 25.4 Å². The van der Waals surface area contributed by atoms with E-state index in [1.165, 1.54) is 276 Å². The van der Waals surface area contributed by atoms with Crippen LogP contribution in [0.25, 0.3) is 0 Å². The maximum absolute atomic E-state index is 12.5. The van der Waals surface area contributed by atoms with E-state index in [0.29, 0.717) is 19.4 Å². The van der Waals surface area contributed by atoms with Crippen LogP contribution in [-0.2, 0) is 14.3 Å². The number of nitrogens with one attached hydrogen (secondary N) is 1. The number of hydrogen-bond donors (Lipinski definition) is 3. The Bertz CT molecular complexity index is 1090. The van der Waals surface area contributed by atoms with Crippen LogP contribution in [0.15, 0.2) is 24.3 Å². The fourth-order valence-electron chi connectivity index (χ4n) is 9.87. The Kier molecular flexibility index (Phi) is 58.5. The molecule has 414 valence electrons. The minimum atomic E-state index is -0.847. The quantitative estimate of drug-likeness (QED) is 0.0321. The average molecular weight is 987 g/mol. The number of amides is 1. The van der Waals surface area contributed by atoms with E-state index in [2.05, 4.69) is 31.3 Å². The van der Waals surface area contributed by atoms with Gasteiger partial charge in [0, 0.05) is 12.8 Å². The summed E-state index contributed by atoms with van der Waals surface area (Å²) in [6.07, 6.45) is 73.6. The Morgan fingerprint density at radius 2 is 0.671 bits per heavy atom. The number of unbranched alkanes of at least 4 members (excludes halogenated alkanes) is 46. The topological polar surface area (TPSA) is 95.9 Å².